The standard InChI is InChI=1S/C25H32BrN3O6S/c1-4-5-12-27-25(31)18(2)28(16-19-6-8-20(26)9-7-19)24(30)17-29(36(3,32)33)21-10-11-22-23(15-21)35-14-13-34-22/h6-11,15,18H,4-5,12-14,16-17H2,1-3H3,(H,27,31)/t18-/m1/s1. The van der Waals surface area contributed by atoms with Crippen molar-refractivity contribution in [2.45, 2.75) is 39.3 Å². The molecule has 2 aromatic rings. The number of halogens is 1. The first-order valence-corrected chi connectivity index (χ1v) is 14.4. The first-order valence-electron chi connectivity index (χ1n) is 11.8. The predicted molar refractivity (Wildman–Crippen MR) is 142 cm³/mol. The van der Waals surface area contributed by atoms with E-state index in [1.54, 1.807) is 25.1 Å². The highest BCUT2D eigenvalue weighted by Crippen LogP contribution is 2.34. The maximum absolute atomic E-state index is 13.6. The van der Waals surface area contributed by atoms with Crippen molar-refractivity contribution in [2.75, 3.05) is 36.9 Å². The van der Waals surface area contributed by atoms with Crippen LogP contribution in [0.4, 0.5) is 5.69 Å². The number of carbonyl (C=O) groups excluding carboxylic acids is 2. The number of fused-ring (bicyclic) bond motifs is 1. The average molecular weight is 583 g/mol. The number of unbranched alkanes of at least 4 members (excludes halogenated alkanes) is 1. The van der Waals surface area contributed by atoms with Gasteiger partial charge in [0, 0.05) is 23.6 Å². The minimum absolute atomic E-state index is 0.146. The fourth-order valence-electron chi connectivity index (χ4n) is 3.71. The summed E-state index contributed by atoms with van der Waals surface area (Å²) in [7, 11) is -3.83. The van der Waals surface area contributed by atoms with E-state index in [0.717, 1.165) is 33.4 Å². The molecular weight excluding hydrogens is 550 g/mol. The van der Waals surface area contributed by atoms with Crippen LogP contribution in [0.25, 0.3) is 0 Å². The van der Waals surface area contributed by atoms with Gasteiger partial charge < -0.3 is 19.7 Å². The number of hydrogen-bond donors (Lipinski definition) is 1. The van der Waals surface area contributed by atoms with E-state index in [0.29, 0.717) is 31.3 Å². The third-order valence-corrected chi connectivity index (χ3v) is 7.43. The number of sulfonamides is 1. The minimum Gasteiger partial charge on any atom is -0.486 e. The normalized spacial score (nSPS) is 13.6. The van der Waals surface area contributed by atoms with E-state index >= 15 is 0 Å². The zero-order valence-corrected chi connectivity index (χ0v) is 23.1. The lowest BCUT2D eigenvalue weighted by atomic mass is 10.1. The molecule has 1 atom stereocenters. The Morgan fingerprint density at radius 1 is 1.08 bits per heavy atom. The Hall–Kier alpha value is -2.79. The summed E-state index contributed by atoms with van der Waals surface area (Å²) in [5.41, 5.74) is 1.09. The van der Waals surface area contributed by atoms with Crippen molar-refractivity contribution in [3.05, 3.63) is 52.5 Å². The van der Waals surface area contributed by atoms with Crippen molar-refractivity contribution in [1.82, 2.24) is 10.2 Å². The fraction of sp³-hybridized carbons (Fsp3) is 0.440. The van der Waals surface area contributed by atoms with Crippen LogP contribution in [-0.4, -0.2) is 63.7 Å². The molecule has 3 rings (SSSR count). The maximum atomic E-state index is 13.6. The number of anilines is 1. The summed E-state index contributed by atoms with van der Waals surface area (Å²) >= 11 is 3.40. The Labute approximate surface area is 220 Å². The molecule has 196 valence electrons. The van der Waals surface area contributed by atoms with Crippen LogP contribution in [0, 0.1) is 0 Å². The van der Waals surface area contributed by atoms with Gasteiger partial charge in [0.15, 0.2) is 11.5 Å². The first-order chi connectivity index (χ1) is 17.1. The van der Waals surface area contributed by atoms with Gasteiger partial charge in [-0.3, -0.25) is 13.9 Å². The van der Waals surface area contributed by atoms with E-state index in [4.69, 9.17) is 9.47 Å². The Balaban J connectivity index is 1.88. The molecule has 0 unspecified atom stereocenters. The molecule has 0 fully saturated rings. The quantitative estimate of drug-likeness (QED) is 0.408. The number of benzene rings is 2. The molecule has 1 N–H and O–H groups in total. The van der Waals surface area contributed by atoms with Crippen molar-refractivity contribution >= 4 is 43.5 Å². The smallest absolute Gasteiger partial charge is 0.244 e. The molecule has 11 heteroatoms. The van der Waals surface area contributed by atoms with Crippen LogP contribution < -0.4 is 19.1 Å². The molecular formula is C25H32BrN3O6S. The van der Waals surface area contributed by atoms with Crippen molar-refractivity contribution in [1.29, 1.82) is 0 Å². The summed E-state index contributed by atoms with van der Waals surface area (Å²) in [6.45, 7) is 4.61. The summed E-state index contributed by atoms with van der Waals surface area (Å²) in [6, 6.07) is 11.3. The Morgan fingerprint density at radius 3 is 2.39 bits per heavy atom. The molecule has 9 nitrogen and oxygen atoms in total. The third-order valence-electron chi connectivity index (χ3n) is 5.76. The molecule has 2 amide bonds. The molecule has 1 aliphatic heterocycles. The highest BCUT2D eigenvalue weighted by Gasteiger charge is 2.30. The molecule has 0 radical (unpaired) electrons. The molecule has 36 heavy (non-hydrogen) atoms. The monoisotopic (exact) mass is 581 g/mol. The van der Waals surface area contributed by atoms with Gasteiger partial charge in [-0.05, 0) is 43.2 Å². The van der Waals surface area contributed by atoms with Gasteiger partial charge in [-0.25, -0.2) is 8.42 Å². The Kier molecular flexibility index (Phi) is 9.61. The minimum atomic E-state index is -3.83. The molecule has 0 aliphatic carbocycles. The average Bonchev–Trinajstić information content (AvgIpc) is 2.85. The van der Waals surface area contributed by atoms with E-state index in [2.05, 4.69) is 21.2 Å². The first kappa shape index (κ1) is 27.8. The molecule has 1 heterocycles. The largest absolute Gasteiger partial charge is 0.486 e. The van der Waals surface area contributed by atoms with E-state index in [1.807, 2.05) is 31.2 Å². The van der Waals surface area contributed by atoms with Crippen molar-refractivity contribution in [2.24, 2.45) is 0 Å². The van der Waals surface area contributed by atoms with Crippen LogP contribution in [0.3, 0.4) is 0 Å². The second kappa shape index (κ2) is 12.4. The molecule has 0 spiro atoms. The lowest BCUT2D eigenvalue weighted by Crippen LogP contribution is -2.51. The van der Waals surface area contributed by atoms with E-state index in [-0.39, 0.29) is 18.1 Å². The van der Waals surface area contributed by atoms with E-state index in [1.165, 1.54) is 4.90 Å². The third kappa shape index (κ3) is 7.36. The molecule has 0 aromatic heterocycles. The van der Waals surface area contributed by atoms with Gasteiger partial charge in [0.25, 0.3) is 0 Å². The van der Waals surface area contributed by atoms with Crippen LogP contribution in [0.5, 0.6) is 11.5 Å². The molecule has 0 saturated heterocycles. The van der Waals surface area contributed by atoms with Crippen molar-refractivity contribution in [3.63, 3.8) is 0 Å². The Bertz CT molecular complexity index is 1170. The van der Waals surface area contributed by atoms with E-state index in [9.17, 15) is 18.0 Å². The summed E-state index contributed by atoms with van der Waals surface area (Å²) in [5, 5.41) is 2.86. The number of hydrogen-bond acceptors (Lipinski definition) is 6. The van der Waals surface area contributed by atoms with Crippen molar-refractivity contribution in [3.8, 4) is 11.5 Å². The number of nitrogens with one attached hydrogen (secondary N) is 1. The zero-order valence-electron chi connectivity index (χ0n) is 20.7. The summed E-state index contributed by atoms with van der Waals surface area (Å²) in [4.78, 5) is 27.8. The topological polar surface area (TPSA) is 105 Å². The van der Waals surface area contributed by atoms with Gasteiger partial charge in [0.2, 0.25) is 21.8 Å². The second-order valence-corrected chi connectivity index (χ2v) is 11.4. The lowest BCUT2D eigenvalue weighted by Gasteiger charge is -2.31. The van der Waals surface area contributed by atoms with Crippen LogP contribution in [0.2, 0.25) is 0 Å². The number of carbonyl (C=O) groups is 2. The summed E-state index contributed by atoms with van der Waals surface area (Å²) in [6.07, 6.45) is 2.79. The number of ether oxygens (including phenoxy) is 2. The lowest BCUT2D eigenvalue weighted by molar-refractivity contribution is -0.139. The SMILES string of the molecule is CCCCNC(=O)[C@@H](C)N(Cc1ccc(Br)cc1)C(=O)CN(c1ccc2c(c1)OCCO2)S(C)(=O)=O. The fourth-order valence-corrected chi connectivity index (χ4v) is 4.81. The van der Waals surface area contributed by atoms with Gasteiger partial charge in [0.1, 0.15) is 25.8 Å². The molecule has 0 bridgehead atoms. The predicted octanol–water partition coefficient (Wildman–Crippen LogP) is 3.32. The second-order valence-electron chi connectivity index (χ2n) is 8.57. The van der Waals surface area contributed by atoms with Gasteiger partial charge in [-0.1, -0.05) is 41.4 Å². The van der Waals surface area contributed by atoms with Crippen LogP contribution in [0.1, 0.15) is 32.3 Å². The zero-order chi connectivity index (χ0) is 26.3. The van der Waals surface area contributed by atoms with Gasteiger partial charge in [-0.2, -0.15) is 0 Å². The molecule has 0 saturated carbocycles. The highest BCUT2D eigenvalue weighted by atomic mass is 79.9. The van der Waals surface area contributed by atoms with Crippen LogP contribution in [0.15, 0.2) is 46.9 Å². The van der Waals surface area contributed by atoms with Crippen molar-refractivity contribution < 1.29 is 27.5 Å². The van der Waals surface area contributed by atoms with Gasteiger partial charge in [0.05, 0.1) is 11.9 Å². The van der Waals surface area contributed by atoms with Crippen LogP contribution >= 0.6 is 15.9 Å². The van der Waals surface area contributed by atoms with Crippen LogP contribution in [-0.2, 0) is 26.2 Å². The summed E-state index contributed by atoms with van der Waals surface area (Å²) in [5.74, 6) is 0.129. The molecule has 1 aliphatic rings. The Morgan fingerprint density at radius 2 is 1.75 bits per heavy atom. The molecule has 2 aromatic carbocycles. The van der Waals surface area contributed by atoms with Gasteiger partial charge in [-0.15, -0.1) is 0 Å². The highest BCUT2D eigenvalue weighted by molar-refractivity contribution is 9.10. The number of rotatable bonds is 11. The van der Waals surface area contributed by atoms with E-state index < -0.39 is 28.5 Å². The number of nitrogens with zero attached hydrogens (tertiary/aromatic N) is 2. The number of amides is 2. The summed E-state index contributed by atoms with van der Waals surface area (Å²) < 4.78 is 38.5. The van der Waals surface area contributed by atoms with Gasteiger partial charge >= 0.3 is 0 Å². The maximum Gasteiger partial charge on any atom is 0.244 e.